The van der Waals surface area contributed by atoms with Crippen LogP contribution in [0.4, 0.5) is 0 Å². The SMILES string of the molecule is CC=CC(=O)OCCC[CH]CC1CCC2OC2C1. The fraction of sp³-hybridized carbons (Fsp3) is 0.733. The van der Waals surface area contributed by atoms with E-state index < -0.39 is 0 Å². The Kier molecular flexibility index (Phi) is 5.24. The molecule has 3 atom stereocenters. The third-order valence-electron chi connectivity index (χ3n) is 3.71. The van der Waals surface area contributed by atoms with Crippen LogP contribution >= 0.6 is 0 Å². The number of esters is 1. The summed E-state index contributed by atoms with van der Waals surface area (Å²) in [6.07, 6.45) is 13.7. The Bertz CT molecular complexity index is 298. The van der Waals surface area contributed by atoms with E-state index in [1.165, 1.54) is 31.8 Å². The quantitative estimate of drug-likeness (QED) is 0.302. The van der Waals surface area contributed by atoms with E-state index >= 15 is 0 Å². The van der Waals surface area contributed by atoms with Crippen molar-refractivity contribution >= 4 is 5.97 Å². The van der Waals surface area contributed by atoms with Gasteiger partial charge in [-0.3, -0.25) is 0 Å². The molecule has 0 aromatic rings. The number of unbranched alkanes of at least 4 members (excludes halogenated alkanes) is 2. The molecule has 18 heavy (non-hydrogen) atoms. The zero-order valence-corrected chi connectivity index (χ0v) is 11.1. The van der Waals surface area contributed by atoms with Crippen LogP contribution in [0.25, 0.3) is 0 Å². The Morgan fingerprint density at radius 1 is 1.39 bits per heavy atom. The number of allylic oxidation sites excluding steroid dienone is 1. The number of hydrogen-bond acceptors (Lipinski definition) is 3. The summed E-state index contributed by atoms with van der Waals surface area (Å²) in [4.78, 5) is 11.0. The number of epoxide rings is 1. The van der Waals surface area contributed by atoms with Gasteiger partial charge in [-0.1, -0.05) is 6.08 Å². The average Bonchev–Trinajstić information content (AvgIpc) is 3.12. The Balaban J connectivity index is 1.42. The van der Waals surface area contributed by atoms with Crippen molar-refractivity contribution in [1.82, 2.24) is 0 Å². The van der Waals surface area contributed by atoms with Gasteiger partial charge in [0.25, 0.3) is 0 Å². The molecule has 1 aliphatic heterocycles. The van der Waals surface area contributed by atoms with Crippen LogP contribution in [0.1, 0.15) is 45.4 Å². The van der Waals surface area contributed by atoms with Crippen LogP contribution in [-0.4, -0.2) is 24.8 Å². The van der Waals surface area contributed by atoms with Gasteiger partial charge in [0, 0.05) is 6.08 Å². The Labute approximate surface area is 110 Å². The molecular weight excluding hydrogens is 228 g/mol. The van der Waals surface area contributed by atoms with Crippen LogP contribution < -0.4 is 0 Å². The molecule has 3 unspecified atom stereocenters. The molecule has 1 radical (unpaired) electrons. The van der Waals surface area contributed by atoms with E-state index in [2.05, 4.69) is 6.42 Å². The average molecular weight is 251 g/mol. The van der Waals surface area contributed by atoms with Crippen LogP contribution in [0.15, 0.2) is 12.2 Å². The van der Waals surface area contributed by atoms with Crippen LogP contribution in [-0.2, 0) is 14.3 Å². The standard InChI is InChI=1S/C15H23O3/c1-2-6-15(16)17-10-5-3-4-7-12-8-9-13-14(11-12)18-13/h2,4,6,12-14H,3,5,7-11H2,1H3. The maximum atomic E-state index is 11.0. The third kappa shape index (κ3) is 4.45. The lowest BCUT2D eigenvalue weighted by molar-refractivity contribution is -0.137. The van der Waals surface area contributed by atoms with Crippen LogP contribution in [0.2, 0.25) is 0 Å². The van der Waals surface area contributed by atoms with Gasteiger partial charge in [-0.15, -0.1) is 0 Å². The Hall–Kier alpha value is -0.830. The molecular formula is C15H23O3. The lowest BCUT2D eigenvalue weighted by atomic mass is 9.86. The summed E-state index contributed by atoms with van der Waals surface area (Å²) in [5.74, 6) is 0.584. The van der Waals surface area contributed by atoms with Crippen molar-refractivity contribution < 1.29 is 14.3 Å². The Morgan fingerprint density at radius 3 is 3.06 bits per heavy atom. The highest BCUT2D eigenvalue weighted by atomic mass is 16.6. The summed E-state index contributed by atoms with van der Waals surface area (Å²) < 4.78 is 10.6. The maximum Gasteiger partial charge on any atom is 0.330 e. The van der Waals surface area contributed by atoms with Gasteiger partial charge in [0.2, 0.25) is 0 Å². The third-order valence-corrected chi connectivity index (χ3v) is 3.71. The van der Waals surface area contributed by atoms with Gasteiger partial charge >= 0.3 is 5.97 Å². The molecule has 1 saturated heterocycles. The van der Waals surface area contributed by atoms with Gasteiger partial charge < -0.3 is 9.47 Å². The molecule has 0 amide bonds. The van der Waals surface area contributed by atoms with Gasteiger partial charge in [-0.25, -0.2) is 4.79 Å². The molecule has 0 N–H and O–H groups in total. The molecule has 2 aliphatic rings. The second-order valence-corrected chi connectivity index (χ2v) is 5.23. The number of carbonyl (C=O) groups is 1. The normalized spacial score (nSPS) is 30.2. The Morgan fingerprint density at radius 2 is 2.28 bits per heavy atom. The topological polar surface area (TPSA) is 38.8 Å². The highest BCUT2D eigenvalue weighted by Gasteiger charge is 2.43. The monoisotopic (exact) mass is 251 g/mol. The van der Waals surface area contributed by atoms with E-state index in [4.69, 9.17) is 9.47 Å². The first-order valence-electron chi connectivity index (χ1n) is 7.06. The van der Waals surface area contributed by atoms with E-state index in [-0.39, 0.29) is 5.97 Å². The van der Waals surface area contributed by atoms with Crippen molar-refractivity contribution in [3.63, 3.8) is 0 Å². The summed E-state index contributed by atoms with van der Waals surface area (Å²) in [5.41, 5.74) is 0. The second-order valence-electron chi connectivity index (χ2n) is 5.23. The molecule has 0 bridgehead atoms. The summed E-state index contributed by atoms with van der Waals surface area (Å²) in [5, 5.41) is 0. The number of hydrogen-bond donors (Lipinski definition) is 0. The first kappa shape index (κ1) is 13.6. The molecule has 101 valence electrons. The van der Waals surface area contributed by atoms with Crippen molar-refractivity contribution in [2.24, 2.45) is 5.92 Å². The number of carbonyl (C=O) groups excluding carboxylic acids is 1. The van der Waals surface area contributed by atoms with E-state index in [0.29, 0.717) is 18.8 Å². The highest BCUT2D eigenvalue weighted by molar-refractivity contribution is 5.81. The van der Waals surface area contributed by atoms with Gasteiger partial charge in [-0.2, -0.15) is 0 Å². The van der Waals surface area contributed by atoms with Gasteiger partial charge in [0.15, 0.2) is 0 Å². The molecule has 0 aromatic heterocycles. The first-order chi connectivity index (χ1) is 8.79. The predicted octanol–water partition coefficient (Wildman–Crippen LogP) is 3.05. The lowest BCUT2D eigenvalue weighted by Crippen LogP contribution is -2.13. The van der Waals surface area contributed by atoms with E-state index in [9.17, 15) is 4.79 Å². The smallest absolute Gasteiger partial charge is 0.330 e. The van der Waals surface area contributed by atoms with Crippen LogP contribution in [0.3, 0.4) is 0 Å². The zero-order valence-electron chi connectivity index (χ0n) is 11.1. The van der Waals surface area contributed by atoms with Crippen molar-refractivity contribution in [3.8, 4) is 0 Å². The van der Waals surface area contributed by atoms with Crippen LogP contribution in [0, 0.1) is 12.3 Å². The lowest BCUT2D eigenvalue weighted by Gasteiger charge is -2.18. The van der Waals surface area contributed by atoms with Gasteiger partial charge in [-0.05, 0) is 57.8 Å². The summed E-state index contributed by atoms with van der Waals surface area (Å²) >= 11 is 0. The second kappa shape index (κ2) is 6.93. The molecule has 2 rings (SSSR count). The zero-order chi connectivity index (χ0) is 12.8. The molecule has 0 spiro atoms. The molecule has 1 aliphatic carbocycles. The molecule has 2 fully saturated rings. The molecule has 3 heteroatoms. The minimum Gasteiger partial charge on any atom is -0.463 e. The summed E-state index contributed by atoms with van der Waals surface area (Å²) in [6.45, 7) is 2.34. The van der Waals surface area contributed by atoms with Gasteiger partial charge in [0.05, 0.1) is 18.8 Å². The van der Waals surface area contributed by atoms with E-state index in [1.807, 2.05) is 6.92 Å². The van der Waals surface area contributed by atoms with Crippen molar-refractivity contribution in [1.29, 1.82) is 0 Å². The first-order valence-corrected chi connectivity index (χ1v) is 7.06. The van der Waals surface area contributed by atoms with Crippen LogP contribution in [0.5, 0.6) is 0 Å². The fourth-order valence-electron chi connectivity index (χ4n) is 2.64. The fourth-order valence-corrected chi connectivity index (χ4v) is 2.64. The molecule has 1 heterocycles. The van der Waals surface area contributed by atoms with Crippen molar-refractivity contribution in [2.45, 2.75) is 57.7 Å². The van der Waals surface area contributed by atoms with E-state index in [1.54, 1.807) is 6.08 Å². The number of fused-ring (bicyclic) bond motifs is 1. The minimum atomic E-state index is -0.235. The number of ether oxygens (including phenoxy) is 2. The van der Waals surface area contributed by atoms with Crippen molar-refractivity contribution in [2.75, 3.05) is 6.61 Å². The number of rotatable bonds is 7. The highest BCUT2D eigenvalue weighted by Crippen LogP contribution is 2.40. The van der Waals surface area contributed by atoms with E-state index in [0.717, 1.165) is 18.8 Å². The maximum absolute atomic E-state index is 11.0. The molecule has 0 aromatic carbocycles. The summed E-state index contributed by atoms with van der Waals surface area (Å²) in [6, 6.07) is 0. The summed E-state index contributed by atoms with van der Waals surface area (Å²) in [7, 11) is 0. The molecule has 3 nitrogen and oxygen atoms in total. The largest absolute Gasteiger partial charge is 0.463 e. The van der Waals surface area contributed by atoms with Crippen molar-refractivity contribution in [3.05, 3.63) is 18.6 Å². The minimum absolute atomic E-state index is 0.235. The molecule has 1 saturated carbocycles. The predicted molar refractivity (Wildman–Crippen MR) is 69.9 cm³/mol. The van der Waals surface area contributed by atoms with Gasteiger partial charge in [0.1, 0.15) is 0 Å².